The third-order valence-corrected chi connectivity index (χ3v) is 6.26. The molecule has 1 aromatic rings. The molecule has 0 bridgehead atoms. The zero-order valence-corrected chi connectivity index (χ0v) is 20.5. The summed E-state index contributed by atoms with van der Waals surface area (Å²) in [5.74, 6) is 0. The van der Waals surface area contributed by atoms with Gasteiger partial charge in [-0.25, -0.2) is 0 Å². The molecule has 0 aliphatic rings. The second kappa shape index (κ2) is 16.5. The Hall–Kier alpha value is -1.34. The third kappa shape index (κ3) is 14.3. The van der Waals surface area contributed by atoms with Gasteiger partial charge in [0.15, 0.2) is 0 Å². The molecule has 0 aliphatic heterocycles. The molecule has 0 aromatic carbocycles. The van der Waals surface area contributed by atoms with E-state index >= 15 is 0 Å². The van der Waals surface area contributed by atoms with Crippen LogP contribution in [0.2, 0.25) is 0 Å². The van der Waals surface area contributed by atoms with Crippen LogP contribution in [0.4, 0.5) is 0 Å². The van der Waals surface area contributed by atoms with E-state index in [2.05, 4.69) is 75.7 Å². The van der Waals surface area contributed by atoms with Crippen LogP contribution in [0.3, 0.4) is 0 Å². The van der Waals surface area contributed by atoms with Crippen molar-refractivity contribution < 1.29 is 0 Å². The Kier molecular flexibility index (Phi) is 14.6. The van der Waals surface area contributed by atoms with Gasteiger partial charge < -0.3 is 0 Å². The number of hydrogen-bond acceptors (Lipinski definition) is 1. The Morgan fingerprint density at radius 1 is 0.724 bits per heavy atom. The van der Waals surface area contributed by atoms with Crippen molar-refractivity contribution >= 4 is 11.3 Å². The summed E-state index contributed by atoms with van der Waals surface area (Å²) in [6.45, 7) is 11.4. The number of hydrogen-bond donors (Lipinski definition) is 0. The van der Waals surface area contributed by atoms with Crippen LogP contribution in [-0.2, 0) is 6.42 Å². The molecule has 0 radical (unpaired) electrons. The Labute approximate surface area is 185 Å². The molecule has 0 saturated heterocycles. The van der Waals surface area contributed by atoms with Crippen LogP contribution in [0.5, 0.6) is 0 Å². The predicted molar refractivity (Wildman–Crippen MR) is 135 cm³/mol. The summed E-state index contributed by atoms with van der Waals surface area (Å²) < 4.78 is 0. The first kappa shape index (κ1) is 25.7. The first-order valence-corrected chi connectivity index (χ1v) is 12.6. The summed E-state index contributed by atoms with van der Waals surface area (Å²) in [4.78, 5) is 0. The van der Waals surface area contributed by atoms with Gasteiger partial charge in [0.1, 0.15) is 0 Å². The zero-order chi connectivity index (χ0) is 21.3. The van der Waals surface area contributed by atoms with Gasteiger partial charge in [-0.1, -0.05) is 59.9 Å². The Bertz CT molecular complexity index is 652. The lowest BCUT2D eigenvalue weighted by molar-refractivity contribution is 0.781. The number of rotatable bonds is 15. The predicted octanol–water partition coefficient (Wildman–Crippen LogP) is 10.00. The minimum atomic E-state index is 1.17. The molecule has 0 N–H and O–H groups in total. The van der Waals surface area contributed by atoms with Crippen LogP contribution >= 0.6 is 11.3 Å². The molecule has 0 saturated carbocycles. The van der Waals surface area contributed by atoms with Gasteiger partial charge in [-0.2, -0.15) is 11.3 Å². The van der Waals surface area contributed by atoms with Gasteiger partial charge in [-0.15, -0.1) is 0 Å². The molecule has 0 unspecified atom stereocenters. The minimum absolute atomic E-state index is 1.17. The second-order valence-corrected chi connectivity index (χ2v) is 9.37. The van der Waals surface area contributed by atoms with Gasteiger partial charge in [0.25, 0.3) is 0 Å². The molecule has 0 atom stereocenters. The molecule has 1 aromatic heterocycles. The number of aryl methyl sites for hydroxylation is 1. The summed E-state index contributed by atoms with van der Waals surface area (Å²) >= 11 is 1.80. The second-order valence-electron chi connectivity index (χ2n) is 8.59. The number of allylic oxidation sites excluding steroid dienone is 8. The summed E-state index contributed by atoms with van der Waals surface area (Å²) in [5, 5.41) is 4.43. The molecule has 162 valence electrons. The smallest absolute Gasteiger partial charge is 0.00611 e. The van der Waals surface area contributed by atoms with Crippen molar-refractivity contribution in [2.24, 2.45) is 0 Å². The molecule has 0 fully saturated rings. The molecule has 0 amide bonds. The van der Waals surface area contributed by atoms with Crippen molar-refractivity contribution in [2.45, 2.75) is 105 Å². The summed E-state index contributed by atoms with van der Waals surface area (Å²) in [7, 11) is 0. The van der Waals surface area contributed by atoms with Crippen LogP contribution in [0.1, 0.15) is 104 Å². The molecule has 1 rings (SSSR count). The van der Waals surface area contributed by atoms with Crippen molar-refractivity contribution in [1.82, 2.24) is 0 Å². The summed E-state index contributed by atoms with van der Waals surface area (Å²) in [6.07, 6.45) is 23.1. The highest BCUT2D eigenvalue weighted by Crippen LogP contribution is 2.15. The van der Waals surface area contributed by atoms with Crippen LogP contribution < -0.4 is 0 Å². The van der Waals surface area contributed by atoms with Crippen molar-refractivity contribution in [3.8, 4) is 0 Å². The highest BCUT2D eigenvalue weighted by atomic mass is 32.1. The quantitative estimate of drug-likeness (QED) is 0.251. The largest absolute Gasteiger partial charge is 0.152 e. The molecular formula is C28H44S. The van der Waals surface area contributed by atoms with Gasteiger partial charge in [0, 0.05) is 0 Å². The maximum absolute atomic E-state index is 2.45. The topological polar surface area (TPSA) is 0 Å². The van der Waals surface area contributed by atoms with Crippen molar-refractivity contribution in [2.75, 3.05) is 0 Å². The molecule has 1 heteroatoms. The highest BCUT2D eigenvalue weighted by molar-refractivity contribution is 7.07. The van der Waals surface area contributed by atoms with E-state index in [0.29, 0.717) is 0 Å². The lowest BCUT2D eigenvalue weighted by atomic mass is 10.0. The minimum Gasteiger partial charge on any atom is -0.152 e. The zero-order valence-electron chi connectivity index (χ0n) is 19.7. The fourth-order valence-corrected chi connectivity index (χ4v) is 4.13. The van der Waals surface area contributed by atoms with E-state index in [-0.39, 0.29) is 0 Å². The van der Waals surface area contributed by atoms with Crippen molar-refractivity contribution in [3.05, 3.63) is 69.0 Å². The van der Waals surface area contributed by atoms with Gasteiger partial charge in [0.05, 0.1) is 0 Å². The Balaban J connectivity index is 2.18. The first-order valence-electron chi connectivity index (χ1n) is 11.6. The van der Waals surface area contributed by atoms with E-state index in [4.69, 9.17) is 0 Å². The molecular weight excluding hydrogens is 368 g/mol. The van der Waals surface area contributed by atoms with Gasteiger partial charge in [0.2, 0.25) is 0 Å². The normalized spacial score (nSPS) is 14.0. The van der Waals surface area contributed by atoms with Crippen LogP contribution in [0.15, 0.2) is 63.4 Å². The summed E-state index contributed by atoms with van der Waals surface area (Å²) in [6, 6.07) is 2.24. The van der Waals surface area contributed by atoms with Crippen LogP contribution in [0.25, 0.3) is 0 Å². The molecule has 0 nitrogen and oxygen atoms in total. The van der Waals surface area contributed by atoms with Crippen LogP contribution in [-0.4, -0.2) is 0 Å². The molecule has 0 aliphatic carbocycles. The number of unbranched alkanes of at least 4 members (excludes halogenated alkanes) is 1. The van der Waals surface area contributed by atoms with E-state index in [0.717, 1.165) is 0 Å². The van der Waals surface area contributed by atoms with Crippen molar-refractivity contribution in [1.29, 1.82) is 0 Å². The van der Waals surface area contributed by atoms with Crippen molar-refractivity contribution in [3.63, 3.8) is 0 Å². The highest BCUT2D eigenvalue weighted by Gasteiger charge is 1.95. The SMILES string of the molecule is CCCCC(C)=CCCC(C)=CCCC(C)=CCCC(C)=CCCc1ccsc1. The maximum Gasteiger partial charge on any atom is -0.00611 e. The monoisotopic (exact) mass is 412 g/mol. The molecule has 0 spiro atoms. The van der Waals surface area contributed by atoms with E-state index < -0.39 is 0 Å². The van der Waals surface area contributed by atoms with E-state index in [1.807, 2.05) is 0 Å². The van der Waals surface area contributed by atoms with E-state index in [1.54, 1.807) is 22.5 Å². The average Bonchev–Trinajstić information content (AvgIpc) is 3.20. The molecule has 1 heterocycles. The standard InChI is InChI=1S/C28H44S/c1-6-7-12-24(2)13-8-14-25(3)15-9-16-26(4)17-10-18-27(5)19-11-20-28-21-22-29-23-28/h13,15,17,19,21-23H,6-12,14,16,18,20H2,1-5H3. The van der Waals surface area contributed by atoms with Crippen LogP contribution in [0, 0.1) is 0 Å². The third-order valence-electron chi connectivity index (χ3n) is 5.53. The van der Waals surface area contributed by atoms with E-state index in [1.165, 1.54) is 87.3 Å². The fourth-order valence-electron chi connectivity index (χ4n) is 3.42. The number of thiophene rings is 1. The Morgan fingerprint density at radius 2 is 1.21 bits per heavy atom. The molecule has 29 heavy (non-hydrogen) atoms. The fraction of sp³-hybridized carbons (Fsp3) is 0.571. The maximum atomic E-state index is 2.45. The lowest BCUT2D eigenvalue weighted by Gasteiger charge is -2.03. The Morgan fingerprint density at radius 3 is 1.66 bits per heavy atom. The average molecular weight is 413 g/mol. The van der Waals surface area contributed by atoms with Gasteiger partial charge in [-0.3, -0.25) is 0 Å². The summed E-state index contributed by atoms with van der Waals surface area (Å²) in [5.41, 5.74) is 7.65. The van der Waals surface area contributed by atoms with Gasteiger partial charge in [-0.05, 0) is 114 Å². The first-order chi connectivity index (χ1) is 14.0. The van der Waals surface area contributed by atoms with Gasteiger partial charge >= 0.3 is 0 Å². The van der Waals surface area contributed by atoms with E-state index in [9.17, 15) is 0 Å². The lowest BCUT2D eigenvalue weighted by Crippen LogP contribution is -1.84.